The predicted molar refractivity (Wildman–Crippen MR) is 59.4 cm³/mol. The maximum absolute atomic E-state index is 12.1. The highest BCUT2D eigenvalue weighted by Gasteiger charge is 2.26. The summed E-state index contributed by atoms with van der Waals surface area (Å²) in [5, 5.41) is 3.80. The number of rotatable bonds is 4. The summed E-state index contributed by atoms with van der Waals surface area (Å²) >= 11 is 0. The summed E-state index contributed by atoms with van der Waals surface area (Å²) in [5.74, 6) is 0.218. The number of carbonyl (C=O) groups excluding carboxylic acids is 1. The van der Waals surface area contributed by atoms with Crippen LogP contribution < -0.4 is 0 Å². The highest BCUT2D eigenvalue weighted by Crippen LogP contribution is 2.34. The zero-order valence-corrected chi connectivity index (χ0v) is 10.2. The molecule has 0 amide bonds. The van der Waals surface area contributed by atoms with Crippen LogP contribution >= 0.6 is 0 Å². The Kier molecular flexibility index (Phi) is 4.04. The first kappa shape index (κ1) is 13.1. The van der Waals surface area contributed by atoms with Gasteiger partial charge in [-0.15, -0.1) is 0 Å². The number of alkyl halides is 2. The Balaban J connectivity index is 1.99. The van der Waals surface area contributed by atoms with Gasteiger partial charge in [-0.2, -0.15) is 4.98 Å². The van der Waals surface area contributed by atoms with Crippen LogP contribution in [0, 0.1) is 5.92 Å². The molecule has 0 radical (unpaired) electrons. The van der Waals surface area contributed by atoms with E-state index in [2.05, 4.69) is 17.1 Å². The standard InChI is InChI=1S/C12H16F2N2O2/c1-7-3-2-4-8(5-7)12-15-10(18-16-12)6-9(17)11(13)14/h7-8,11H,2-6H2,1H3. The van der Waals surface area contributed by atoms with Crippen molar-refractivity contribution in [2.45, 2.75) is 51.4 Å². The second-order valence-electron chi connectivity index (χ2n) is 4.96. The monoisotopic (exact) mass is 258 g/mol. The molecule has 6 heteroatoms. The third-order valence-corrected chi connectivity index (χ3v) is 3.35. The molecule has 2 rings (SSSR count). The summed E-state index contributed by atoms with van der Waals surface area (Å²) in [6, 6.07) is 0. The number of ketones is 1. The zero-order valence-electron chi connectivity index (χ0n) is 10.2. The first-order chi connectivity index (χ1) is 8.56. The summed E-state index contributed by atoms with van der Waals surface area (Å²) in [7, 11) is 0. The maximum Gasteiger partial charge on any atom is 0.296 e. The molecule has 0 aromatic carbocycles. The highest BCUT2D eigenvalue weighted by atomic mass is 19.3. The SMILES string of the molecule is CC1CCCC(c2noc(CC(=O)C(F)F)n2)C1. The van der Waals surface area contributed by atoms with Crippen molar-refractivity contribution in [3.05, 3.63) is 11.7 Å². The lowest BCUT2D eigenvalue weighted by Crippen LogP contribution is -2.14. The van der Waals surface area contributed by atoms with Crippen molar-refractivity contribution in [3.8, 4) is 0 Å². The molecule has 2 atom stereocenters. The van der Waals surface area contributed by atoms with Crippen molar-refractivity contribution >= 4 is 5.78 Å². The van der Waals surface area contributed by atoms with Crippen LogP contribution in [0.1, 0.15) is 50.2 Å². The number of halogens is 2. The molecule has 1 heterocycles. The number of hydrogen-bond donors (Lipinski definition) is 0. The van der Waals surface area contributed by atoms with Gasteiger partial charge in [0, 0.05) is 5.92 Å². The lowest BCUT2D eigenvalue weighted by molar-refractivity contribution is -0.129. The van der Waals surface area contributed by atoms with Crippen LogP contribution in [-0.2, 0) is 11.2 Å². The molecule has 1 aromatic heterocycles. The molecule has 1 aromatic rings. The van der Waals surface area contributed by atoms with E-state index in [1.165, 1.54) is 6.42 Å². The average Bonchev–Trinajstić information content (AvgIpc) is 2.77. The predicted octanol–water partition coefficient (Wildman–Crippen LogP) is 2.74. The van der Waals surface area contributed by atoms with Gasteiger partial charge in [0.2, 0.25) is 11.7 Å². The Bertz CT molecular complexity index is 420. The third kappa shape index (κ3) is 3.11. The van der Waals surface area contributed by atoms with Crippen LogP contribution in [0.25, 0.3) is 0 Å². The van der Waals surface area contributed by atoms with Gasteiger partial charge in [0.1, 0.15) is 0 Å². The van der Waals surface area contributed by atoms with Gasteiger partial charge in [-0.25, -0.2) is 8.78 Å². The van der Waals surface area contributed by atoms with Gasteiger partial charge in [-0.1, -0.05) is 24.9 Å². The van der Waals surface area contributed by atoms with E-state index in [9.17, 15) is 13.6 Å². The topological polar surface area (TPSA) is 56.0 Å². The highest BCUT2D eigenvalue weighted by molar-refractivity contribution is 5.82. The number of aromatic nitrogens is 2. The molecule has 100 valence electrons. The number of carbonyl (C=O) groups is 1. The van der Waals surface area contributed by atoms with E-state index in [-0.39, 0.29) is 11.8 Å². The molecule has 4 nitrogen and oxygen atoms in total. The number of Topliss-reactive ketones (excluding diaryl/α,β-unsaturated/α-hetero) is 1. The molecule has 1 saturated carbocycles. The lowest BCUT2D eigenvalue weighted by atomic mass is 9.82. The molecular weight excluding hydrogens is 242 g/mol. The maximum atomic E-state index is 12.1. The Labute approximate surface area is 104 Å². The Morgan fingerprint density at radius 2 is 2.28 bits per heavy atom. The van der Waals surface area contributed by atoms with Gasteiger partial charge in [0.15, 0.2) is 5.82 Å². The van der Waals surface area contributed by atoms with Crippen LogP contribution in [0.5, 0.6) is 0 Å². The van der Waals surface area contributed by atoms with Gasteiger partial charge in [-0.3, -0.25) is 4.79 Å². The molecule has 0 saturated heterocycles. The second kappa shape index (κ2) is 5.54. The first-order valence-corrected chi connectivity index (χ1v) is 6.19. The summed E-state index contributed by atoms with van der Waals surface area (Å²) in [6.45, 7) is 2.17. The summed E-state index contributed by atoms with van der Waals surface area (Å²) in [6.07, 6.45) is 0.840. The molecule has 1 aliphatic carbocycles. The van der Waals surface area contributed by atoms with Crippen molar-refractivity contribution < 1.29 is 18.1 Å². The van der Waals surface area contributed by atoms with Gasteiger partial charge in [0.25, 0.3) is 6.43 Å². The number of hydrogen-bond acceptors (Lipinski definition) is 4. The smallest absolute Gasteiger partial charge is 0.296 e. The lowest BCUT2D eigenvalue weighted by Gasteiger charge is -2.23. The fourth-order valence-electron chi connectivity index (χ4n) is 2.40. The summed E-state index contributed by atoms with van der Waals surface area (Å²) < 4.78 is 29.0. The summed E-state index contributed by atoms with van der Waals surface area (Å²) in [4.78, 5) is 14.9. The molecule has 0 N–H and O–H groups in total. The molecule has 18 heavy (non-hydrogen) atoms. The van der Waals surface area contributed by atoms with E-state index in [1.54, 1.807) is 0 Å². The average molecular weight is 258 g/mol. The number of nitrogens with zero attached hydrogens (tertiary/aromatic N) is 2. The van der Waals surface area contributed by atoms with Gasteiger partial charge < -0.3 is 4.52 Å². The van der Waals surface area contributed by atoms with E-state index in [1.807, 2.05) is 0 Å². The van der Waals surface area contributed by atoms with Crippen molar-refractivity contribution in [2.75, 3.05) is 0 Å². The van der Waals surface area contributed by atoms with Crippen molar-refractivity contribution in [1.29, 1.82) is 0 Å². The molecular formula is C12H16F2N2O2. The van der Waals surface area contributed by atoms with Gasteiger partial charge in [0.05, 0.1) is 6.42 Å². The van der Waals surface area contributed by atoms with Crippen molar-refractivity contribution in [1.82, 2.24) is 10.1 Å². The van der Waals surface area contributed by atoms with E-state index in [0.29, 0.717) is 11.7 Å². The molecule has 2 unspecified atom stereocenters. The Morgan fingerprint density at radius 1 is 1.50 bits per heavy atom. The second-order valence-corrected chi connectivity index (χ2v) is 4.96. The molecule has 1 aliphatic rings. The molecule has 1 fully saturated rings. The Hall–Kier alpha value is -1.33. The fourth-order valence-corrected chi connectivity index (χ4v) is 2.40. The summed E-state index contributed by atoms with van der Waals surface area (Å²) in [5.41, 5.74) is 0. The van der Waals surface area contributed by atoms with Crippen molar-refractivity contribution in [2.24, 2.45) is 5.92 Å². The zero-order chi connectivity index (χ0) is 13.1. The molecule has 0 bridgehead atoms. The van der Waals surface area contributed by atoms with E-state index in [0.717, 1.165) is 19.3 Å². The minimum absolute atomic E-state index is 0.00599. The van der Waals surface area contributed by atoms with Gasteiger partial charge in [-0.05, 0) is 18.8 Å². The van der Waals surface area contributed by atoms with Crippen LogP contribution in [0.3, 0.4) is 0 Å². The van der Waals surface area contributed by atoms with Crippen LogP contribution in [0.15, 0.2) is 4.52 Å². The van der Waals surface area contributed by atoms with Crippen LogP contribution in [0.2, 0.25) is 0 Å². The minimum atomic E-state index is -2.98. The third-order valence-electron chi connectivity index (χ3n) is 3.35. The van der Waals surface area contributed by atoms with E-state index >= 15 is 0 Å². The van der Waals surface area contributed by atoms with Crippen LogP contribution in [0.4, 0.5) is 8.78 Å². The van der Waals surface area contributed by atoms with Crippen LogP contribution in [-0.4, -0.2) is 22.3 Å². The van der Waals surface area contributed by atoms with E-state index < -0.39 is 18.6 Å². The first-order valence-electron chi connectivity index (χ1n) is 6.19. The van der Waals surface area contributed by atoms with Crippen molar-refractivity contribution in [3.63, 3.8) is 0 Å². The Morgan fingerprint density at radius 3 is 2.94 bits per heavy atom. The van der Waals surface area contributed by atoms with Gasteiger partial charge >= 0.3 is 0 Å². The fraction of sp³-hybridized carbons (Fsp3) is 0.750. The van der Waals surface area contributed by atoms with E-state index in [4.69, 9.17) is 4.52 Å². The quantitative estimate of drug-likeness (QED) is 0.833. The largest absolute Gasteiger partial charge is 0.339 e. The minimum Gasteiger partial charge on any atom is -0.339 e. The molecule has 0 spiro atoms. The molecule has 0 aliphatic heterocycles. The normalized spacial score (nSPS) is 24.4.